The normalized spacial score (nSPS) is 15.6. The van der Waals surface area contributed by atoms with Gasteiger partial charge in [0.05, 0.1) is 18.1 Å². The van der Waals surface area contributed by atoms with Crippen LogP contribution in [0, 0.1) is 10.1 Å². The minimum Gasteiger partial charge on any atom is -0.487 e. The molecule has 1 aliphatic carbocycles. The summed E-state index contributed by atoms with van der Waals surface area (Å²) in [6.45, 7) is 6.08. The van der Waals surface area contributed by atoms with Crippen LogP contribution in [0.15, 0.2) is 40.9 Å². The summed E-state index contributed by atoms with van der Waals surface area (Å²) in [5.41, 5.74) is 3.10. The summed E-state index contributed by atoms with van der Waals surface area (Å²) in [5.74, 6) is 0.847. The number of rotatable bonds is 8. The molecule has 0 amide bonds. The average molecular weight is 438 g/mol. The van der Waals surface area contributed by atoms with E-state index >= 15 is 0 Å². The predicted molar refractivity (Wildman–Crippen MR) is 118 cm³/mol. The Bertz CT molecular complexity index is 1140. The number of ether oxygens (including phenoxy) is 1. The van der Waals surface area contributed by atoms with Crippen molar-refractivity contribution in [1.82, 2.24) is 15.5 Å². The van der Waals surface area contributed by atoms with Gasteiger partial charge < -0.3 is 19.7 Å². The summed E-state index contributed by atoms with van der Waals surface area (Å²) >= 11 is 0. The zero-order valence-electron chi connectivity index (χ0n) is 18.3. The highest BCUT2D eigenvalue weighted by atomic mass is 16.6. The molecule has 1 aliphatic rings. The Kier molecular flexibility index (Phi) is 5.94. The number of aliphatic hydroxyl groups excluding tert-OH is 1. The molecule has 9 heteroatoms. The quantitative estimate of drug-likeness (QED) is 0.399. The maximum absolute atomic E-state index is 11.4. The maximum atomic E-state index is 11.4. The Morgan fingerprint density at radius 2 is 2.16 bits per heavy atom. The molecule has 1 aromatic heterocycles. The maximum Gasteiger partial charge on any atom is 0.311 e. The van der Waals surface area contributed by atoms with Crippen LogP contribution in [0.3, 0.4) is 0 Å². The monoisotopic (exact) mass is 438 g/mol. The molecular formula is C23H26N4O5. The van der Waals surface area contributed by atoms with Crippen molar-refractivity contribution < 1.29 is 19.3 Å². The van der Waals surface area contributed by atoms with E-state index in [-0.39, 0.29) is 35.5 Å². The highest BCUT2D eigenvalue weighted by molar-refractivity contribution is 5.67. The van der Waals surface area contributed by atoms with Crippen LogP contribution >= 0.6 is 0 Å². The minimum absolute atomic E-state index is 0.0426. The van der Waals surface area contributed by atoms with Crippen molar-refractivity contribution >= 4 is 5.69 Å². The predicted octanol–water partition coefficient (Wildman–Crippen LogP) is 4.06. The molecule has 9 nitrogen and oxygen atoms in total. The van der Waals surface area contributed by atoms with Crippen LogP contribution in [0.1, 0.15) is 44.4 Å². The van der Waals surface area contributed by atoms with Gasteiger partial charge in [-0.2, -0.15) is 4.98 Å². The second kappa shape index (κ2) is 8.68. The molecule has 0 fully saturated rings. The molecule has 0 saturated carbocycles. The van der Waals surface area contributed by atoms with Gasteiger partial charge in [-0.25, -0.2) is 0 Å². The first-order chi connectivity index (χ1) is 15.3. The second-order valence-electron chi connectivity index (χ2n) is 8.45. The Morgan fingerprint density at radius 3 is 2.88 bits per heavy atom. The third-order valence-electron chi connectivity index (χ3n) is 5.60. The molecule has 0 bridgehead atoms. The average Bonchev–Trinajstić information content (AvgIpc) is 3.42. The van der Waals surface area contributed by atoms with Crippen LogP contribution in [0.4, 0.5) is 5.69 Å². The fourth-order valence-electron chi connectivity index (χ4n) is 4.05. The van der Waals surface area contributed by atoms with Crippen LogP contribution < -0.4 is 10.1 Å². The number of nitrogens with one attached hydrogen (secondary N) is 1. The number of hydrogen-bond donors (Lipinski definition) is 2. The van der Waals surface area contributed by atoms with E-state index in [0.717, 1.165) is 29.5 Å². The molecule has 32 heavy (non-hydrogen) atoms. The van der Waals surface area contributed by atoms with Gasteiger partial charge in [0.15, 0.2) is 5.75 Å². The SMILES string of the molecule is CCOc1ccc(-c2nc(-c3cccc4c3CCC4NC(C)(C)CO)no2)cc1[N+](=O)[O-]. The van der Waals surface area contributed by atoms with Gasteiger partial charge in [0.1, 0.15) is 0 Å². The third kappa shape index (κ3) is 4.21. The van der Waals surface area contributed by atoms with E-state index in [1.54, 1.807) is 19.1 Å². The van der Waals surface area contributed by atoms with Crippen molar-refractivity contribution in [2.45, 2.75) is 45.2 Å². The number of nitro benzene ring substituents is 1. The fourth-order valence-corrected chi connectivity index (χ4v) is 4.05. The van der Waals surface area contributed by atoms with Crippen molar-refractivity contribution in [3.05, 3.63) is 57.6 Å². The van der Waals surface area contributed by atoms with E-state index in [9.17, 15) is 15.2 Å². The highest BCUT2D eigenvalue weighted by Crippen LogP contribution is 2.39. The standard InChI is InChI=1S/C23H26N4O5/c1-4-31-20-11-8-14(12-19(20)27(29)30)22-24-21(26-32-22)17-7-5-6-16-15(17)9-10-18(16)25-23(2,3)13-28/h5-8,11-12,18,25,28H,4,9-10,13H2,1-3H3. The summed E-state index contributed by atoms with van der Waals surface area (Å²) in [5, 5.41) is 28.7. The Labute approximate surface area is 185 Å². The number of fused-ring (bicyclic) bond motifs is 1. The molecule has 1 heterocycles. The first-order valence-electron chi connectivity index (χ1n) is 10.6. The van der Waals surface area contributed by atoms with Crippen LogP contribution in [0.25, 0.3) is 22.8 Å². The van der Waals surface area contributed by atoms with Crippen molar-refractivity contribution in [2.24, 2.45) is 0 Å². The first kappa shape index (κ1) is 21.9. The van der Waals surface area contributed by atoms with E-state index in [0.29, 0.717) is 18.0 Å². The smallest absolute Gasteiger partial charge is 0.311 e. The molecule has 3 aromatic rings. The summed E-state index contributed by atoms with van der Waals surface area (Å²) in [4.78, 5) is 15.5. The molecule has 2 aromatic carbocycles. The number of benzene rings is 2. The van der Waals surface area contributed by atoms with Gasteiger partial charge >= 0.3 is 5.69 Å². The number of nitrogens with zero attached hydrogens (tertiary/aromatic N) is 3. The molecule has 1 atom stereocenters. The van der Waals surface area contributed by atoms with Crippen molar-refractivity contribution in [3.63, 3.8) is 0 Å². The summed E-state index contributed by atoms with van der Waals surface area (Å²) < 4.78 is 10.8. The van der Waals surface area contributed by atoms with E-state index in [1.807, 2.05) is 26.0 Å². The van der Waals surface area contributed by atoms with Crippen molar-refractivity contribution in [2.75, 3.05) is 13.2 Å². The second-order valence-corrected chi connectivity index (χ2v) is 8.45. The highest BCUT2D eigenvalue weighted by Gasteiger charge is 2.30. The van der Waals surface area contributed by atoms with Crippen LogP contribution in [-0.2, 0) is 6.42 Å². The lowest BCUT2D eigenvalue weighted by molar-refractivity contribution is -0.385. The van der Waals surface area contributed by atoms with E-state index in [2.05, 4.69) is 21.5 Å². The van der Waals surface area contributed by atoms with Crippen LogP contribution in [0.5, 0.6) is 5.75 Å². The van der Waals surface area contributed by atoms with E-state index in [4.69, 9.17) is 9.26 Å². The molecule has 0 spiro atoms. The zero-order chi connectivity index (χ0) is 22.9. The molecular weight excluding hydrogens is 412 g/mol. The first-order valence-corrected chi connectivity index (χ1v) is 10.6. The van der Waals surface area contributed by atoms with E-state index in [1.165, 1.54) is 6.07 Å². The molecule has 168 valence electrons. The summed E-state index contributed by atoms with van der Waals surface area (Å²) in [6.07, 6.45) is 1.76. The number of aromatic nitrogens is 2. The lowest BCUT2D eigenvalue weighted by Gasteiger charge is -2.28. The molecule has 0 aliphatic heterocycles. The lowest BCUT2D eigenvalue weighted by atomic mass is 9.99. The number of hydrogen-bond acceptors (Lipinski definition) is 8. The lowest BCUT2D eigenvalue weighted by Crippen LogP contribution is -2.44. The molecule has 1 unspecified atom stereocenters. The van der Waals surface area contributed by atoms with Gasteiger partial charge in [0.25, 0.3) is 5.89 Å². The Hall–Kier alpha value is -3.30. The van der Waals surface area contributed by atoms with Crippen molar-refractivity contribution in [3.8, 4) is 28.6 Å². The third-order valence-corrected chi connectivity index (χ3v) is 5.60. The van der Waals surface area contributed by atoms with Crippen molar-refractivity contribution in [1.29, 1.82) is 0 Å². The van der Waals surface area contributed by atoms with Gasteiger partial charge in [0, 0.05) is 28.8 Å². The van der Waals surface area contributed by atoms with Gasteiger partial charge in [-0.1, -0.05) is 23.4 Å². The largest absolute Gasteiger partial charge is 0.487 e. The Morgan fingerprint density at radius 1 is 1.34 bits per heavy atom. The van der Waals surface area contributed by atoms with Crippen LogP contribution in [-0.4, -0.2) is 38.9 Å². The minimum atomic E-state index is -0.489. The van der Waals surface area contributed by atoms with Gasteiger partial charge in [-0.3, -0.25) is 10.1 Å². The summed E-state index contributed by atoms with van der Waals surface area (Å²) in [7, 11) is 0. The van der Waals surface area contributed by atoms with E-state index < -0.39 is 4.92 Å². The molecule has 4 rings (SSSR count). The van der Waals surface area contributed by atoms with Gasteiger partial charge in [0.2, 0.25) is 5.82 Å². The van der Waals surface area contributed by atoms with Gasteiger partial charge in [-0.15, -0.1) is 0 Å². The van der Waals surface area contributed by atoms with Crippen LogP contribution in [0.2, 0.25) is 0 Å². The molecule has 2 N–H and O–H groups in total. The summed E-state index contributed by atoms with van der Waals surface area (Å²) in [6, 6.07) is 10.7. The topological polar surface area (TPSA) is 124 Å². The Balaban J connectivity index is 1.65. The number of aliphatic hydroxyl groups is 1. The fraction of sp³-hybridized carbons (Fsp3) is 0.391. The van der Waals surface area contributed by atoms with Gasteiger partial charge in [-0.05, 0) is 56.9 Å². The molecule has 0 saturated heterocycles. The zero-order valence-corrected chi connectivity index (χ0v) is 18.3. The number of nitro groups is 1. The molecule has 0 radical (unpaired) electrons.